The van der Waals surface area contributed by atoms with E-state index in [9.17, 15) is 4.79 Å². The number of carboxylic acid groups (broad SMARTS) is 1. The van der Waals surface area contributed by atoms with Gasteiger partial charge in [-0.15, -0.1) is 13.2 Å². The number of carbonyl (C=O) groups is 1. The van der Waals surface area contributed by atoms with Crippen molar-refractivity contribution >= 4 is 5.97 Å². The van der Waals surface area contributed by atoms with Crippen molar-refractivity contribution in [2.24, 2.45) is 0 Å². The van der Waals surface area contributed by atoms with E-state index in [1.807, 2.05) is 0 Å². The fraction of sp³-hybridized carbons (Fsp3) is 0.500. The Morgan fingerprint density at radius 1 is 1.50 bits per heavy atom. The molecule has 0 fully saturated rings. The van der Waals surface area contributed by atoms with Gasteiger partial charge in [0.05, 0.1) is 14.1 Å². The van der Waals surface area contributed by atoms with Gasteiger partial charge in [-0.2, -0.15) is 4.65 Å². The maximum Gasteiger partial charge on any atom is 0.362 e. The van der Waals surface area contributed by atoms with Crippen LogP contribution in [0.1, 0.15) is 0 Å². The number of rotatable bonds is 2. The molecule has 0 aromatic rings. The molecule has 0 amide bonds. The van der Waals surface area contributed by atoms with Crippen molar-refractivity contribution in [1.82, 2.24) is 0 Å². The summed E-state index contributed by atoms with van der Waals surface area (Å²) < 4.78 is -0.519. The first kappa shape index (κ1) is 11.9. The van der Waals surface area contributed by atoms with Gasteiger partial charge in [-0.05, 0) is 0 Å². The van der Waals surface area contributed by atoms with Crippen LogP contribution in [-0.4, -0.2) is 41.6 Å². The molecule has 60 valence electrons. The first-order valence-corrected chi connectivity index (χ1v) is 2.69. The van der Waals surface area contributed by atoms with E-state index in [2.05, 4.69) is 13.2 Å². The molecule has 0 aliphatic heterocycles. The van der Waals surface area contributed by atoms with E-state index in [0.29, 0.717) is 0 Å². The molecule has 0 saturated carbocycles. The van der Waals surface area contributed by atoms with Gasteiger partial charge in [-0.3, -0.25) is 0 Å². The molecule has 4 nitrogen and oxygen atoms in total. The van der Waals surface area contributed by atoms with Gasteiger partial charge >= 0.3 is 5.97 Å². The summed E-state index contributed by atoms with van der Waals surface area (Å²) in [6, 6.07) is 0. The van der Waals surface area contributed by atoms with Crippen LogP contribution in [0.15, 0.2) is 13.2 Å². The monoisotopic (exact) mass is 148 g/mol. The van der Waals surface area contributed by atoms with Gasteiger partial charge in [0, 0.05) is 0 Å². The highest BCUT2D eigenvalue weighted by atomic mass is 16.5. The zero-order valence-electron chi connectivity index (χ0n) is 6.37. The second-order valence-electron chi connectivity index (χ2n) is 2.17. The van der Waals surface area contributed by atoms with Crippen LogP contribution < -0.4 is 0 Å². The Hall–Kier alpha value is -0.870. The predicted molar refractivity (Wildman–Crippen MR) is 37.7 cm³/mol. The van der Waals surface area contributed by atoms with Crippen LogP contribution in [-0.2, 0) is 4.79 Å². The minimum Gasteiger partial charge on any atom is -0.477 e. The molecule has 0 aliphatic rings. The van der Waals surface area contributed by atoms with Crippen LogP contribution in [0.2, 0.25) is 0 Å². The van der Waals surface area contributed by atoms with Gasteiger partial charge in [0.25, 0.3) is 0 Å². The van der Waals surface area contributed by atoms with Crippen LogP contribution in [0, 0.1) is 0 Å². The third-order valence-electron chi connectivity index (χ3n) is 0.522. The van der Waals surface area contributed by atoms with E-state index in [0.717, 1.165) is 0 Å². The normalized spacial score (nSPS) is 9.50. The van der Waals surface area contributed by atoms with E-state index in [-0.39, 0.29) is 6.54 Å². The first-order chi connectivity index (χ1) is 4.42. The van der Waals surface area contributed by atoms with E-state index < -0.39 is 10.6 Å². The van der Waals surface area contributed by atoms with Crippen molar-refractivity contribution in [2.75, 3.05) is 20.6 Å². The van der Waals surface area contributed by atoms with Crippen molar-refractivity contribution in [2.45, 2.75) is 0 Å². The summed E-state index contributed by atoms with van der Waals surface area (Å²) in [4.78, 5) is 9.84. The Bertz CT molecular complexity index is 106. The highest BCUT2D eigenvalue weighted by Crippen LogP contribution is 1.85. The Balaban J connectivity index is 0. The van der Waals surface area contributed by atoms with Crippen molar-refractivity contribution in [3.05, 3.63) is 13.2 Å². The zero-order valence-corrected chi connectivity index (χ0v) is 6.37. The minimum absolute atomic E-state index is 0.264. The second-order valence-corrected chi connectivity index (χ2v) is 2.17. The highest BCUT2D eigenvalue weighted by Gasteiger charge is 2.14. The standard InChI is InChI=1S/C4H9NO3.C2H4/c1-5(2,8)3-4(6)7;1-2/h8H,3H2,1-2H3;1-2H2/p+1. The number of hydroxylamine groups is 3. The molecule has 0 rings (SSSR count). The molecular weight excluding hydrogens is 134 g/mol. The topological polar surface area (TPSA) is 57.5 Å². The summed E-state index contributed by atoms with van der Waals surface area (Å²) in [5, 5.41) is 16.8. The van der Waals surface area contributed by atoms with Gasteiger partial charge in [0.2, 0.25) is 6.54 Å². The van der Waals surface area contributed by atoms with Crippen LogP contribution in [0.3, 0.4) is 0 Å². The number of carboxylic acids is 1. The van der Waals surface area contributed by atoms with E-state index >= 15 is 0 Å². The largest absolute Gasteiger partial charge is 0.477 e. The molecule has 0 radical (unpaired) electrons. The van der Waals surface area contributed by atoms with Crippen LogP contribution >= 0.6 is 0 Å². The number of quaternary nitrogens is 1. The van der Waals surface area contributed by atoms with E-state index in [1.165, 1.54) is 14.1 Å². The summed E-state index contributed by atoms with van der Waals surface area (Å²) >= 11 is 0. The number of aliphatic carboxylic acids is 1. The lowest BCUT2D eigenvalue weighted by Crippen LogP contribution is -2.40. The Labute approximate surface area is 60.6 Å². The molecule has 2 N–H and O–H groups in total. The fourth-order valence-corrected chi connectivity index (χ4v) is 0.331. The van der Waals surface area contributed by atoms with Gasteiger partial charge in [-0.1, -0.05) is 0 Å². The maximum atomic E-state index is 9.84. The molecule has 10 heavy (non-hydrogen) atoms. The quantitative estimate of drug-likeness (QED) is 0.337. The predicted octanol–water partition coefficient (Wildman–Crippen LogP) is 0.339. The van der Waals surface area contributed by atoms with Gasteiger partial charge in [0.15, 0.2) is 0 Å². The van der Waals surface area contributed by atoms with Crippen molar-refractivity contribution in [1.29, 1.82) is 0 Å². The van der Waals surface area contributed by atoms with Crippen molar-refractivity contribution in [3.8, 4) is 0 Å². The smallest absolute Gasteiger partial charge is 0.362 e. The van der Waals surface area contributed by atoms with E-state index in [1.54, 1.807) is 0 Å². The third-order valence-corrected chi connectivity index (χ3v) is 0.522. The molecule has 0 spiro atoms. The Kier molecular flexibility index (Phi) is 5.89. The van der Waals surface area contributed by atoms with Gasteiger partial charge in [0.1, 0.15) is 0 Å². The Morgan fingerprint density at radius 3 is 1.80 bits per heavy atom. The molecule has 0 unspecified atom stereocenters. The van der Waals surface area contributed by atoms with Crippen molar-refractivity contribution in [3.63, 3.8) is 0 Å². The molecule has 0 bridgehead atoms. The molecule has 0 heterocycles. The number of hydrogen-bond acceptors (Lipinski definition) is 2. The SMILES string of the molecule is C=C.C[N+](C)(O)CC(=O)O. The summed E-state index contributed by atoms with van der Waals surface area (Å²) in [6.45, 7) is 5.74. The van der Waals surface area contributed by atoms with Crippen LogP contribution in [0.25, 0.3) is 0 Å². The summed E-state index contributed by atoms with van der Waals surface area (Å²) in [6.07, 6.45) is 0. The lowest BCUT2D eigenvalue weighted by Gasteiger charge is -2.15. The van der Waals surface area contributed by atoms with Crippen molar-refractivity contribution < 1.29 is 19.8 Å². The Morgan fingerprint density at radius 2 is 1.80 bits per heavy atom. The molecule has 0 atom stereocenters. The average molecular weight is 148 g/mol. The van der Waals surface area contributed by atoms with Crippen LogP contribution in [0.5, 0.6) is 0 Å². The number of likely N-dealkylation sites (N-methyl/N-ethyl adjacent to an activating group) is 1. The maximum absolute atomic E-state index is 9.84. The lowest BCUT2D eigenvalue weighted by molar-refractivity contribution is -1.07. The van der Waals surface area contributed by atoms with E-state index in [4.69, 9.17) is 10.3 Å². The molecule has 0 aromatic heterocycles. The molecule has 0 saturated heterocycles. The fourth-order valence-electron chi connectivity index (χ4n) is 0.331. The summed E-state index contributed by atoms with van der Waals surface area (Å²) in [7, 11) is 2.79. The zero-order chi connectivity index (χ0) is 8.78. The highest BCUT2D eigenvalue weighted by molar-refractivity contribution is 5.67. The minimum atomic E-state index is -1.00. The first-order valence-electron chi connectivity index (χ1n) is 2.69. The number of hydrogen-bond donors (Lipinski definition) is 2. The number of nitrogens with zero attached hydrogens (tertiary/aromatic N) is 1. The summed E-state index contributed by atoms with van der Waals surface area (Å²) in [5.74, 6) is -1.00. The molecule has 0 aliphatic carbocycles. The summed E-state index contributed by atoms with van der Waals surface area (Å²) in [5.41, 5.74) is 0. The molecule has 4 heteroatoms. The lowest BCUT2D eigenvalue weighted by atomic mass is 10.6. The average Bonchev–Trinajstić information content (AvgIpc) is 1.64. The van der Waals surface area contributed by atoms with Crippen LogP contribution in [0.4, 0.5) is 0 Å². The third kappa shape index (κ3) is 15.7. The van der Waals surface area contributed by atoms with Gasteiger partial charge in [-0.25, -0.2) is 10.0 Å². The molecule has 0 aromatic carbocycles. The van der Waals surface area contributed by atoms with Gasteiger partial charge < -0.3 is 5.11 Å². The second kappa shape index (κ2) is 4.96. The molecular formula is C6H14NO3+.